The summed E-state index contributed by atoms with van der Waals surface area (Å²) in [6.07, 6.45) is 12.2. The maximum Gasteiger partial charge on any atom is -0.00516 e. The molecule has 0 aliphatic heterocycles. The van der Waals surface area contributed by atoms with Crippen molar-refractivity contribution in [3.05, 3.63) is 64.7 Å². The fraction of sp³-hybridized carbons (Fsp3) is 0.462. The molecule has 2 aliphatic carbocycles. The molecule has 2 aromatic rings. The molecule has 26 heavy (non-hydrogen) atoms. The number of benzene rings is 2. The Morgan fingerprint density at radius 3 is 2.31 bits per heavy atom. The van der Waals surface area contributed by atoms with Crippen LogP contribution in [0, 0.1) is 5.92 Å². The first-order chi connectivity index (χ1) is 12.5. The van der Waals surface area contributed by atoms with Gasteiger partial charge in [-0.2, -0.15) is 0 Å². The molecule has 0 spiro atoms. The van der Waals surface area contributed by atoms with Crippen LogP contribution in [0.2, 0.25) is 0 Å². The highest BCUT2D eigenvalue weighted by Crippen LogP contribution is 2.38. The van der Waals surface area contributed by atoms with Gasteiger partial charge in [0.25, 0.3) is 0 Å². The van der Waals surface area contributed by atoms with E-state index in [1.807, 2.05) is 0 Å². The van der Waals surface area contributed by atoms with Gasteiger partial charge in [-0.25, -0.2) is 0 Å². The minimum absolute atomic E-state index is 0.214. The van der Waals surface area contributed by atoms with Crippen molar-refractivity contribution in [2.45, 2.75) is 71.1 Å². The van der Waals surface area contributed by atoms with E-state index < -0.39 is 0 Å². The van der Waals surface area contributed by atoms with E-state index in [2.05, 4.69) is 69.3 Å². The average Bonchev–Trinajstić information content (AvgIpc) is 3.04. The van der Waals surface area contributed by atoms with Gasteiger partial charge in [0.1, 0.15) is 0 Å². The van der Waals surface area contributed by atoms with E-state index in [9.17, 15) is 0 Å². The maximum atomic E-state index is 2.48. The molecule has 0 amide bonds. The lowest BCUT2D eigenvalue weighted by atomic mass is 9.84. The third-order valence-electron chi connectivity index (χ3n) is 6.31. The fourth-order valence-electron chi connectivity index (χ4n) is 4.75. The molecule has 0 heterocycles. The van der Waals surface area contributed by atoms with Crippen LogP contribution >= 0.6 is 0 Å². The van der Waals surface area contributed by atoms with Crippen molar-refractivity contribution in [1.82, 2.24) is 0 Å². The summed E-state index contributed by atoms with van der Waals surface area (Å²) in [5.41, 5.74) is 9.07. The molecule has 1 saturated carbocycles. The summed E-state index contributed by atoms with van der Waals surface area (Å²) >= 11 is 0. The van der Waals surface area contributed by atoms with Crippen LogP contribution in [-0.4, -0.2) is 0 Å². The Morgan fingerprint density at radius 2 is 1.62 bits per heavy atom. The number of rotatable bonds is 3. The highest BCUT2D eigenvalue weighted by Gasteiger charge is 2.21. The fourth-order valence-corrected chi connectivity index (χ4v) is 4.75. The lowest BCUT2D eigenvalue weighted by Gasteiger charge is -2.22. The maximum absolute atomic E-state index is 2.48. The molecule has 0 N–H and O–H groups in total. The van der Waals surface area contributed by atoms with Gasteiger partial charge in [-0.15, -0.1) is 0 Å². The summed E-state index contributed by atoms with van der Waals surface area (Å²) in [4.78, 5) is 0. The molecular formula is C26H32. The Labute approximate surface area is 159 Å². The lowest BCUT2D eigenvalue weighted by molar-refractivity contribution is 0.355. The Balaban J connectivity index is 1.55. The number of hydrogen-bond donors (Lipinski definition) is 0. The minimum atomic E-state index is 0.214. The normalized spacial score (nSPS) is 17.9. The molecule has 136 valence electrons. The summed E-state index contributed by atoms with van der Waals surface area (Å²) in [6, 6.07) is 16.1. The molecule has 2 aliphatic rings. The Bertz CT molecular complexity index is 793. The largest absolute Gasteiger partial charge is 0.0649 e. The van der Waals surface area contributed by atoms with Gasteiger partial charge in [0.05, 0.1) is 0 Å². The highest BCUT2D eigenvalue weighted by atomic mass is 14.3. The SMILES string of the molecule is CC(C)(C)c1ccc(-c2cccc3c2CC(CC2CCCCC2)=C3)cc1. The summed E-state index contributed by atoms with van der Waals surface area (Å²) < 4.78 is 0. The van der Waals surface area contributed by atoms with Crippen LogP contribution in [-0.2, 0) is 11.8 Å². The van der Waals surface area contributed by atoms with E-state index in [4.69, 9.17) is 0 Å². The van der Waals surface area contributed by atoms with Crippen molar-refractivity contribution >= 4 is 6.08 Å². The molecule has 0 nitrogen and oxygen atoms in total. The first-order valence-electron chi connectivity index (χ1n) is 10.4. The Kier molecular flexibility index (Phi) is 4.78. The van der Waals surface area contributed by atoms with Gasteiger partial charge in [-0.3, -0.25) is 0 Å². The molecule has 0 bridgehead atoms. The Hall–Kier alpha value is -1.82. The van der Waals surface area contributed by atoms with Crippen molar-refractivity contribution in [2.24, 2.45) is 5.92 Å². The highest BCUT2D eigenvalue weighted by molar-refractivity contribution is 5.77. The van der Waals surface area contributed by atoms with Crippen LogP contribution in [0.1, 0.15) is 76.0 Å². The molecule has 4 rings (SSSR count). The van der Waals surface area contributed by atoms with Crippen LogP contribution < -0.4 is 0 Å². The third-order valence-corrected chi connectivity index (χ3v) is 6.31. The second-order valence-electron chi connectivity index (χ2n) is 9.39. The summed E-state index contributed by atoms with van der Waals surface area (Å²) in [5.74, 6) is 0.929. The first kappa shape index (κ1) is 17.6. The summed E-state index contributed by atoms with van der Waals surface area (Å²) in [7, 11) is 0. The van der Waals surface area contributed by atoms with Crippen molar-refractivity contribution in [2.75, 3.05) is 0 Å². The van der Waals surface area contributed by atoms with Crippen LogP contribution in [0.15, 0.2) is 48.0 Å². The van der Waals surface area contributed by atoms with E-state index >= 15 is 0 Å². The zero-order valence-electron chi connectivity index (χ0n) is 16.6. The van der Waals surface area contributed by atoms with E-state index in [1.165, 1.54) is 60.8 Å². The van der Waals surface area contributed by atoms with Gasteiger partial charge in [-0.05, 0) is 52.0 Å². The predicted molar refractivity (Wildman–Crippen MR) is 113 cm³/mol. The smallest absolute Gasteiger partial charge is 0.00516 e. The van der Waals surface area contributed by atoms with Gasteiger partial charge in [0, 0.05) is 0 Å². The van der Waals surface area contributed by atoms with E-state index in [-0.39, 0.29) is 5.41 Å². The second kappa shape index (κ2) is 7.06. The molecule has 2 aromatic carbocycles. The van der Waals surface area contributed by atoms with Crippen molar-refractivity contribution in [3.63, 3.8) is 0 Å². The molecule has 0 atom stereocenters. The number of allylic oxidation sites excluding steroid dienone is 1. The first-order valence-corrected chi connectivity index (χ1v) is 10.4. The molecule has 0 aromatic heterocycles. The van der Waals surface area contributed by atoms with E-state index in [0.29, 0.717) is 0 Å². The molecule has 0 unspecified atom stereocenters. The van der Waals surface area contributed by atoms with E-state index in [0.717, 1.165) is 12.3 Å². The topological polar surface area (TPSA) is 0 Å². The molecule has 0 saturated heterocycles. The van der Waals surface area contributed by atoms with Gasteiger partial charge in [0.15, 0.2) is 0 Å². The van der Waals surface area contributed by atoms with Gasteiger partial charge >= 0.3 is 0 Å². The summed E-state index contributed by atoms with van der Waals surface area (Å²) in [6.45, 7) is 6.84. The third kappa shape index (κ3) is 3.65. The molecule has 0 radical (unpaired) electrons. The van der Waals surface area contributed by atoms with Gasteiger partial charge in [-0.1, -0.05) is 107 Å². The van der Waals surface area contributed by atoms with Gasteiger partial charge in [0.2, 0.25) is 0 Å². The standard InChI is InChI=1S/C26H32/c1-26(2,3)23-14-12-21(13-15-23)24-11-7-10-22-17-20(18-25(22)24)16-19-8-5-4-6-9-19/h7,10-15,17,19H,4-6,8-9,16,18H2,1-3H3. The molecular weight excluding hydrogens is 312 g/mol. The minimum Gasteiger partial charge on any atom is -0.0649 e. The second-order valence-corrected chi connectivity index (χ2v) is 9.39. The van der Waals surface area contributed by atoms with Crippen LogP contribution in [0.25, 0.3) is 17.2 Å². The number of fused-ring (bicyclic) bond motifs is 1. The molecule has 0 heteroatoms. The van der Waals surface area contributed by atoms with Crippen LogP contribution in [0.3, 0.4) is 0 Å². The predicted octanol–water partition coefficient (Wildman–Crippen LogP) is 7.56. The van der Waals surface area contributed by atoms with Crippen LogP contribution in [0.5, 0.6) is 0 Å². The zero-order valence-corrected chi connectivity index (χ0v) is 16.6. The van der Waals surface area contributed by atoms with E-state index in [1.54, 1.807) is 11.1 Å². The van der Waals surface area contributed by atoms with Crippen LogP contribution in [0.4, 0.5) is 0 Å². The Morgan fingerprint density at radius 1 is 0.885 bits per heavy atom. The average molecular weight is 345 g/mol. The summed E-state index contributed by atoms with van der Waals surface area (Å²) in [5, 5.41) is 0. The quantitative estimate of drug-likeness (QED) is 0.539. The monoisotopic (exact) mass is 344 g/mol. The van der Waals surface area contributed by atoms with Crippen molar-refractivity contribution in [3.8, 4) is 11.1 Å². The van der Waals surface area contributed by atoms with Crippen molar-refractivity contribution in [1.29, 1.82) is 0 Å². The zero-order chi connectivity index (χ0) is 18.1. The lowest BCUT2D eigenvalue weighted by Crippen LogP contribution is -2.10. The van der Waals surface area contributed by atoms with Crippen molar-refractivity contribution < 1.29 is 0 Å². The molecule has 1 fully saturated rings. The number of hydrogen-bond acceptors (Lipinski definition) is 0. The van der Waals surface area contributed by atoms with Gasteiger partial charge < -0.3 is 0 Å².